The highest BCUT2D eigenvalue weighted by Crippen LogP contribution is 2.38. The Labute approximate surface area is 179 Å². The number of nitrogens with one attached hydrogen (secondary N) is 1. The molecule has 1 aromatic heterocycles. The van der Waals surface area contributed by atoms with E-state index in [9.17, 15) is 5.11 Å². The van der Waals surface area contributed by atoms with E-state index in [0.29, 0.717) is 35.1 Å². The molecule has 0 aliphatic heterocycles. The van der Waals surface area contributed by atoms with Crippen LogP contribution >= 0.6 is 0 Å². The lowest BCUT2D eigenvalue weighted by Crippen LogP contribution is -1.95. The number of nitrogens with zero attached hydrogens (tertiary/aromatic N) is 1. The predicted molar refractivity (Wildman–Crippen MR) is 120 cm³/mol. The van der Waals surface area contributed by atoms with E-state index in [1.54, 1.807) is 18.3 Å². The second-order valence-corrected chi connectivity index (χ2v) is 7.17. The highest BCUT2D eigenvalue weighted by molar-refractivity contribution is 5.84. The van der Waals surface area contributed by atoms with Crippen molar-refractivity contribution in [1.82, 2.24) is 10.2 Å². The quantitative estimate of drug-likeness (QED) is 0.346. The summed E-state index contributed by atoms with van der Waals surface area (Å²) >= 11 is 0. The van der Waals surface area contributed by atoms with Crippen molar-refractivity contribution in [2.24, 2.45) is 0 Å². The molecule has 0 fully saturated rings. The second kappa shape index (κ2) is 8.24. The molecule has 0 bridgehead atoms. The van der Waals surface area contributed by atoms with Crippen LogP contribution in [-0.2, 0) is 6.61 Å². The van der Waals surface area contributed by atoms with Crippen LogP contribution in [0.3, 0.4) is 0 Å². The Bertz CT molecular complexity index is 1330. The number of aromatic amines is 1. The van der Waals surface area contributed by atoms with Gasteiger partial charge in [-0.05, 0) is 40.6 Å². The van der Waals surface area contributed by atoms with Crippen molar-refractivity contribution in [2.45, 2.75) is 6.61 Å². The molecule has 152 valence electrons. The smallest absolute Gasteiger partial charge is 0.173 e. The number of aromatic nitrogens is 2. The molecule has 5 heteroatoms. The fourth-order valence-corrected chi connectivity index (χ4v) is 3.46. The normalized spacial score (nSPS) is 10.8. The van der Waals surface area contributed by atoms with Gasteiger partial charge in [0.2, 0.25) is 0 Å². The first-order valence-corrected chi connectivity index (χ1v) is 9.96. The zero-order valence-corrected chi connectivity index (χ0v) is 16.7. The summed E-state index contributed by atoms with van der Waals surface area (Å²) in [7, 11) is 0. The summed E-state index contributed by atoms with van der Waals surface area (Å²) in [5.74, 6) is 1.90. The zero-order chi connectivity index (χ0) is 21.0. The molecule has 2 N–H and O–H groups in total. The first-order chi connectivity index (χ1) is 15.3. The number of hydrogen-bond acceptors (Lipinski definition) is 4. The Balaban J connectivity index is 1.36. The summed E-state index contributed by atoms with van der Waals surface area (Å²) in [6, 6.07) is 29.1. The molecule has 0 aliphatic carbocycles. The molecule has 5 aromatic rings. The largest absolute Gasteiger partial charge is 0.507 e. The molecule has 5 nitrogen and oxygen atoms in total. The van der Waals surface area contributed by atoms with Crippen LogP contribution in [0.5, 0.6) is 23.0 Å². The monoisotopic (exact) mass is 408 g/mol. The standard InChI is InChI=1S/C26H20N2O3/c29-24-15-21(30-17-18-6-2-1-3-7-18)12-13-23(24)26-25(16-27-28-26)31-22-11-10-19-8-4-5-9-20(19)14-22/h1-16,29H,17H2,(H,27,28). The number of phenols is 1. The number of benzene rings is 4. The average molecular weight is 408 g/mol. The lowest BCUT2D eigenvalue weighted by molar-refractivity contribution is 0.304. The number of H-pyrrole nitrogens is 1. The van der Waals surface area contributed by atoms with Crippen molar-refractivity contribution in [3.63, 3.8) is 0 Å². The van der Waals surface area contributed by atoms with Gasteiger partial charge < -0.3 is 14.6 Å². The van der Waals surface area contributed by atoms with Crippen LogP contribution in [0, 0.1) is 0 Å². The van der Waals surface area contributed by atoms with Gasteiger partial charge in [0, 0.05) is 11.6 Å². The van der Waals surface area contributed by atoms with E-state index in [4.69, 9.17) is 9.47 Å². The summed E-state index contributed by atoms with van der Waals surface area (Å²) in [4.78, 5) is 0. The molecule has 0 unspecified atom stereocenters. The summed E-state index contributed by atoms with van der Waals surface area (Å²) in [6.07, 6.45) is 1.60. The van der Waals surface area contributed by atoms with Gasteiger partial charge >= 0.3 is 0 Å². The van der Waals surface area contributed by atoms with Gasteiger partial charge in [-0.2, -0.15) is 5.10 Å². The van der Waals surface area contributed by atoms with Crippen molar-refractivity contribution in [1.29, 1.82) is 0 Å². The van der Waals surface area contributed by atoms with Gasteiger partial charge in [0.1, 0.15) is 29.5 Å². The molecule has 0 saturated heterocycles. The third kappa shape index (κ3) is 4.07. The van der Waals surface area contributed by atoms with Gasteiger partial charge in [-0.15, -0.1) is 0 Å². The maximum Gasteiger partial charge on any atom is 0.173 e. The van der Waals surface area contributed by atoms with Gasteiger partial charge in [-0.3, -0.25) is 5.10 Å². The van der Waals surface area contributed by atoms with E-state index >= 15 is 0 Å². The van der Waals surface area contributed by atoms with Crippen molar-refractivity contribution in [3.05, 3.63) is 103 Å². The number of rotatable bonds is 6. The number of aromatic hydroxyl groups is 1. The van der Waals surface area contributed by atoms with E-state index in [-0.39, 0.29) is 5.75 Å². The third-order valence-electron chi connectivity index (χ3n) is 5.04. The minimum atomic E-state index is 0.0816. The molecule has 0 radical (unpaired) electrons. The van der Waals surface area contributed by atoms with Gasteiger partial charge in [-0.1, -0.05) is 60.7 Å². The highest BCUT2D eigenvalue weighted by atomic mass is 16.5. The summed E-state index contributed by atoms with van der Waals surface area (Å²) < 4.78 is 11.9. The maximum absolute atomic E-state index is 10.6. The number of phenolic OH excluding ortho intramolecular Hbond substituents is 1. The van der Waals surface area contributed by atoms with Crippen molar-refractivity contribution in [3.8, 4) is 34.3 Å². The summed E-state index contributed by atoms with van der Waals surface area (Å²) in [6.45, 7) is 0.431. The Kier molecular flexibility index (Phi) is 4.99. The van der Waals surface area contributed by atoms with Gasteiger partial charge in [-0.25, -0.2) is 0 Å². The zero-order valence-electron chi connectivity index (χ0n) is 16.7. The van der Waals surface area contributed by atoms with Crippen molar-refractivity contribution >= 4 is 10.8 Å². The van der Waals surface area contributed by atoms with Crippen molar-refractivity contribution < 1.29 is 14.6 Å². The van der Waals surface area contributed by atoms with E-state index in [2.05, 4.69) is 16.3 Å². The van der Waals surface area contributed by atoms with Crippen molar-refractivity contribution in [2.75, 3.05) is 0 Å². The van der Waals surface area contributed by atoms with Crippen LogP contribution in [0.1, 0.15) is 5.56 Å². The van der Waals surface area contributed by atoms with Crippen LogP contribution in [0.4, 0.5) is 0 Å². The molecule has 1 heterocycles. The van der Waals surface area contributed by atoms with Crippen LogP contribution in [0.15, 0.2) is 97.2 Å². The Morgan fingerprint density at radius 2 is 1.55 bits per heavy atom. The molecule has 4 aromatic carbocycles. The molecule has 0 saturated carbocycles. The Hall–Kier alpha value is -4.25. The molecule has 0 atom stereocenters. The molecular formula is C26H20N2O3. The van der Waals surface area contributed by atoms with E-state index < -0.39 is 0 Å². The molecular weight excluding hydrogens is 388 g/mol. The Morgan fingerprint density at radius 1 is 0.774 bits per heavy atom. The average Bonchev–Trinajstić information content (AvgIpc) is 3.26. The Morgan fingerprint density at radius 3 is 2.39 bits per heavy atom. The van der Waals surface area contributed by atoms with E-state index in [0.717, 1.165) is 16.3 Å². The van der Waals surface area contributed by atoms with Crippen LogP contribution in [-0.4, -0.2) is 15.3 Å². The molecule has 0 amide bonds. The van der Waals surface area contributed by atoms with Crippen LogP contribution in [0.2, 0.25) is 0 Å². The third-order valence-corrected chi connectivity index (χ3v) is 5.04. The SMILES string of the molecule is Oc1cc(OCc2ccccc2)ccc1-c1[nH]ncc1Oc1ccc2ccccc2c1. The van der Waals surface area contributed by atoms with E-state index in [1.807, 2.05) is 72.8 Å². The fraction of sp³-hybridized carbons (Fsp3) is 0.0385. The van der Waals surface area contributed by atoms with Gasteiger partial charge in [0.05, 0.1) is 6.20 Å². The first kappa shape index (κ1) is 18.8. The molecule has 0 spiro atoms. The topological polar surface area (TPSA) is 67.4 Å². The van der Waals surface area contributed by atoms with E-state index in [1.165, 1.54) is 0 Å². The minimum absolute atomic E-state index is 0.0816. The fourth-order valence-electron chi connectivity index (χ4n) is 3.46. The number of ether oxygens (including phenoxy) is 2. The number of fused-ring (bicyclic) bond motifs is 1. The summed E-state index contributed by atoms with van der Waals surface area (Å²) in [5.41, 5.74) is 2.24. The van der Waals surface area contributed by atoms with Crippen LogP contribution in [0.25, 0.3) is 22.0 Å². The molecule has 5 rings (SSSR count). The van der Waals surface area contributed by atoms with Gasteiger partial charge in [0.25, 0.3) is 0 Å². The highest BCUT2D eigenvalue weighted by Gasteiger charge is 2.15. The van der Waals surface area contributed by atoms with Gasteiger partial charge in [0.15, 0.2) is 5.75 Å². The summed E-state index contributed by atoms with van der Waals surface area (Å²) in [5, 5.41) is 19.9. The maximum atomic E-state index is 10.6. The van der Waals surface area contributed by atoms with Crippen LogP contribution < -0.4 is 9.47 Å². The second-order valence-electron chi connectivity index (χ2n) is 7.17. The molecule has 0 aliphatic rings. The lowest BCUT2D eigenvalue weighted by Gasteiger charge is -2.11. The lowest BCUT2D eigenvalue weighted by atomic mass is 10.1. The predicted octanol–water partition coefficient (Wildman–Crippen LogP) is 6.31. The molecule has 31 heavy (non-hydrogen) atoms. The minimum Gasteiger partial charge on any atom is -0.507 e. The number of hydrogen-bond donors (Lipinski definition) is 2. The first-order valence-electron chi connectivity index (χ1n) is 9.96.